The number of esters is 1. The molecule has 0 saturated carbocycles. The lowest BCUT2D eigenvalue weighted by atomic mass is 9.97. The van der Waals surface area contributed by atoms with Crippen LogP contribution in [0.1, 0.15) is 20.8 Å². The van der Waals surface area contributed by atoms with Crippen molar-refractivity contribution >= 4 is 27.6 Å². The fourth-order valence-corrected chi connectivity index (χ4v) is 1.87. The summed E-state index contributed by atoms with van der Waals surface area (Å²) in [6, 6.07) is 4.87. The highest BCUT2D eigenvalue weighted by Crippen LogP contribution is 2.25. The predicted molar refractivity (Wildman–Crippen MR) is 65.5 cm³/mol. The molecule has 0 saturated heterocycles. The van der Waals surface area contributed by atoms with E-state index in [2.05, 4.69) is 0 Å². The Morgan fingerprint density at radius 3 is 2.71 bits per heavy atom. The van der Waals surface area contributed by atoms with Crippen LogP contribution >= 0.6 is 11.3 Å². The first kappa shape index (κ1) is 11.9. The Kier molecular flexibility index (Phi) is 2.79. The number of rotatable bonds is 1. The molecule has 2 aromatic rings. The topological polar surface area (TPSA) is 56.5 Å². The summed E-state index contributed by atoms with van der Waals surface area (Å²) in [5.74, 6) is 0.113. The molecular formula is C12H12O4S. The Bertz CT molecular complexity index is 615. The number of carbonyl (C=O) groups excluding carboxylic acids is 1. The van der Waals surface area contributed by atoms with E-state index < -0.39 is 5.41 Å². The molecular weight excluding hydrogens is 240 g/mol. The van der Waals surface area contributed by atoms with Gasteiger partial charge in [-0.15, -0.1) is 0 Å². The van der Waals surface area contributed by atoms with Crippen LogP contribution in [0.4, 0.5) is 0 Å². The van der Waals surface area contributed by atoms with Crippen molar-refractivity contribution in [1.82, 2.24) is 0 Å². The van der Waals surface area contributed by atoms with E-state index in [1.807, 2.05) is 0 Å². The van der Waals surface area contributed by atoms with Crippen molar-refractivity contribution in [2.24, 2.45) is 5.41 Å². The highest BCUT2D eigenvalue weighted by atomic mass is 32.1. The van der Waals surface area contributed by atoms with E-state index in [0.29, 0.717) is 16.0 Å². The van der Waals surface area contributed by atoms with Gasteiger partial charge in [0.1, 0.15) is 11.3 Å². The molecule has 0 N–H and O–H groups in total. The summed E-state index contributed by atoms with van der Waals surface area (Å²) in [5.41, 5.74) is -0.0473. The number of hydrogen-bond acceptors (Lipinski definition) is 5. The molecule has 0 aliphatic carbocycles. The van der Waals surface area contributed by atoms with Gasteiger partial charge in [-0.1, -0.05) is 11.3 Å². The quantitative estimate of drug-likeness (QED) is 0.578. The average molecular weight is 252 g/mol. The van der Waals surface area contributed by atoms with Gasteiger partial charge in [0, 0.05) is 6.07 Å². The van der Waals surface area contributed by atoms with Gasteiger partial charge in [0.25, 0.3) is 0 Å². The lowest BCUT2D eigenvalue weighted by Gasteiger charge is -2.16. The van der Waals surface area contributed by atoms with Gasteiger partial charge in [-0.05, 0) is 32.9 Å². The monoisotopic (exact) mass is 252 g/mol. The lowest BCUT2D eigenvalue weighted by molar-refractivity contribution is -0.142. The standard InChI is InChI=1S/C12H12O4S/c1-12(2,3)10(13)15-7-4-5-8-9(6-7)17-11(14)16-8/h4-6H,1-3H3. The summed E-state index contributed by atoms with van der Waals surface area (Å²) in [4.78, 5) is 22.3. The maximum absolute atomic E-state index is 11.7. The molecule has 4 nitrogen and oxygen atoms in total. The van der Waals surface area contributed by atoms with Crippen molar-refractivity contribution in [2.75, 3.05) is 0 Å². The van der Waals surface area contributed by atoms with Gasteiger partial charge in [-0.25, -0.2) is 4.79 Å². The van der Waals surface area contributed by atoms with Crippen molar-refractivity contribution in [3.8, 4) is 5.75 Å². The van der Waals surface area contributed by atoms with Crippen LogP contribution < -0.4 is 9.68 Å². The number of hydrogen-bond donors (Lipinski definition) is 0. The molecule has 0 atom stereocenters. The third-order valence-corrected chi connectivity index (χ3v) is 2.91. The average Bonchev–Trinajstić information content (AvgIpc) is 2.55. The highest BCUT2D eigenvalue weighted by molar-refractivity contribution is 7.16. The largest absolute Gasteiger partial charge is 0.426 e. The first-order chi connectivity index (χ1) is 7.86. The van der Waals surface area contributed by atoms with E-state index in [4.69, 9.17) is 9.15 Å². The van der Waals surface area contributed by atoms with Crippen molar-refractivity contribution in [2.45, 2.75) is 20.8 Å². The van der Waals surface area contributed by atoms with E-state index in [1.165, 1.54) is 0 Å². The van der Waals surface area contributed by atoms with Gasteiger partial charge in [-0.2, -0.15) is 0 Å². The van der Waals surface area contributed by atoms with Gasteiger partial charge < -0.3 is 9.15 Å². The molecule has 2 rings (SSSR count). The number of fused-ring (bicyclic) bond motifs is 1. The summed E-state index contributed by atoms with van der Waals surface area (Å²) in [5, 5.41) is 0. The molecule has 1 aromatic carbocycles. The molecule has 17 heavy (non-hydrogen) atoms. The minimum absolute atomic E-state index is 0.312. The van der Waals surface area contributed by atoms with Gasteiger partial charge in [0.05, 0.1) is 10.1 Å². The minimum atomic E-state index is -0.557. The molecule has 0 radical (unpaired) electrons. The highest BCUT2D eigenvalue weighted by Gasteiger charge is 2.23. The molecule has 0 bridgehead atoms. The first-order valence-electron chi connectivity index (χ1n) is 5.12. The molecule has 5 heteroatoms. The smallest absolute Gasteiger partial charge is 0.396 e. The summed E-state index contributed by atoms with van der Waals surface area (Å²) in [7, 11) is 0. The molecule has 0 fully saturated rings. The minimum Gasteiger partial charge on any atom is -0.426 e. The zero-order valence-electron chi connectivity index (χ0n) is 9.77. The Morgan fingerprint density at radius 2 is 2.06 bits per heavy atom. The van der Waals surface area contributed by atoms with Gasteiger partial charge in [0.2, 0.25) is 0 Å². The zero-order chi connectivity index (χ0) is 12.6. The third-order valence-electron chi connectivity index (χ3n) is 2.12. The normalized spacial score (nSPS) is 11.7. The molecule has 0 spiro atoms. The maximum atomic E-state index is 11.7. The first-order valence-corrected chi connectivity index (χ1v) is 5.94. The van der Waals surface area contributed by atoms with Gasteiger partial charge >= 0.3 is 10.9 Å². The summed E-state index contributed by atoms with van der Waals surface area (Å²) in [6.07, 6.45) is 0. The van der Waals surface area contributed by atoms with Crippen LogP contribution in [0.3, 0.4) is 0 Å². The number of ether oxygens (including phenoxy) is 1. The SMILES string of the molecule is CC(C)(C)C(=O)Oc1ccc2oc(=O)sc2c1. The molecule has 1 aromatic heterocycles. The van der Waals surface area contributed by atoms with E-state index in [9.17, 15) is 9.59 Å². The molecule has 0 amide bonds. The maximum Gasteiger partial charge on any atom is 0.396 e. The fourth-order valence-electron chi connectivity index (χ4n) is 1.18. The van der Waals surface area contributed by atoms with Crippen LogP contribution in [0.15, 0.2) is 27.4 Å². The fraction of sp³-hybridized carbons (Fsp3) is 0.333. The number of benzene rings is 1. The summed E-state index contributed by atoms with van der Waals surface area (Å²) < 4.78 is 10.8. The van der Waals surface area contributed by atoms with Crippen LogP contribution in [-0.2, 0) is 4.79 Å². The van der Waals surface area contributed by atoms with Crippen LogP contribution in [-0.4, -0.2) is 5.97 Å². The molecule has 1 heterocycles. The zero-order valence-corrected chi connectivity index (χ0v) is 10.6. The van der Waals surface area contributed by atoms with Crippen molar-refractivity contribution in [3.05, 3.63) is 27.9 Å². The van der Waals surface area contributed by atoms with Crippen molar-refractivity contribution < 1.29 is 13.9 Å². The van der Waals surface area contributed by atoms with E-state index >= 15 is 0 Å². The van der Waals surface area contributed by atoms with Crippen molar-refractivity contribution in [1.29, 1.82) is 0 Å². The lowest BCUT2D eigenvalue weighted by Crippen LogP contribution is -2.25. The van der Waals surface area contributed by atoms with Crippen LogP contribution in [0, 0.1) is 5.41 Å². The Hall–Kier alpha value is -1.62. The van der Waals surface area contributed by atoms with Gasteiger partial charge in [0.15, 0.2) is 0 Å². The number of carbonyl (C=O) groups is 1. The molecule has 0 aliphatic heterocycles. The van der Waals surface area contributed by atoms with Crippen LogP contribution in [0.5, 0.6) is 5.75 Å². The second-order valence-corrected chi connectivity index (χ2v) is 5.68. The van der Waals surface area contributed by atoms with Crippen LogP contribution in [0.2, 0.25) is 0 Å². The summed E-state index contributed by atoms with van der Waals surface area (Å²) in [6.45, 7) is 5.35. The van der Waals surface area contributed by atoms with Crippen LogP contribution in [0.25, 0.3) is 10.3 Å². The Morgan fingerprint density at radius 1 is 1.35 bits per heavy atom. The van der Waals surface area contributed by atoms with E-state index in [-0.39, 0.29) is 10.9 Å². The Labute approximate surface area is 102 Å². The third kappa shape index (κ3) is 2.55. The second-order valence-electron chi connectivity index (χ2n) is 4.70. The summed E-state index contributed by atoms with van der Waals surface area (Å²) >= 11 is 0.987. The Balaban J connectivity index is 2.31. The second kappa shape index (κ2) is 4.00. The van der Waals surface area contributed by atoms with E-state index in [1.54, 1.807) is 39.0 Å². The van der Waals surface area contributed by atoms with Crippen molar-refractivity contribution in [3.63, 3.8) is 0 Å². The molecule has 0 aliphatic rings. The van der Waals surface area contributed by atoms with Gasteiger partial charge in [-0.3, -0.25) is 4.79 Å². The predicted octanol–water partition coefficient (Wildman–Crippen LogP) is 2.81. The molecule has 90 valence electrons. The van der Waals surface area contributed by atoms with E-state index in [0.717, 1.165) is 11.3 Å². The molecule has 0 unspecified atom stereocenters.